The van der Waals surface area contributed by atoms with Gasteiger partial charge in [-0.15, -0.1) is 0 Å². The van der Waals surface area contributed by atoms with E-state index in [4.69, 9.17) is 4.74 Å². The largest absolute Gasteiger partial charge is 0.491 e. The van der Waals surface area contributed by atoms with E-state index in [0.29, 0.717) is 6.42 Å². The summed E-state index contributed by atoms with van der Waals surface area (Å²) in [5.74, 6) is -2.92. The van der Waals surface area contributed by atoms with Crippen molar-refractivity contribution in [2.45, 2.75) is 45.6 Å². The highest BCUT2D eigenvalue weighted by molar-refractivity contribution is 5.95. The number of carbonyl (C=O) groups is 1. The van der Waals surface area contributed by atoms with Crippen molar-refractivity contribution < 1.29 is 23.4 Å². The summed E-state index contributed by atoms with van der Waals surface area (Å²) in [5, 5.41) is 12.7. The molecule has 0 radical (unpaired) electrons. The zero-order chi connectivity index (χ0) is 17.0. The highest BCUT2D eigenvalue weighted by Crippen LogP contribution is 2.35. The van der Waals surface area contributed by atoms with Crippen LogP contribution in [0.4, 0.5) is 8.78 Å². The number of halogens is 2. The number of aliphatic hydroxyl groups is 1. The van der Waals surface area contributed by atoms with Crippen LogP contribution in [0.15, 0.2) is 12.1 Å². The molecule has 1 fully saturated rings. The average molecular weight is 327 g/mol. The molecule has 2 N–H and O–H groups in total. The zero-order valence-electron chi connectivity index (χ0n) is 13.5. The third kappa shape index (κ3) is 3.80. The average Bonchev–Trinajstić information content (AvgIpc) is 2.52. The lowest BCUT2D eigenvalue weighted by molar-refractivity contribution is 0.00185. The first-order valence-electron chi connectivity index (χ1n) is 7.96. The van der Waals surface area contributed by atoms with Gasteiger partial charge in [0.2, 0.25) is 0 Å². The molecule has 6 heteroatoms. The lowest BCUT2D eigenvalue weighted by Crippen LogP contribution is -2.45. The summed E-state index contributed by atoms with van der Waals surface area (Å²) in [5.41, 5.74) is -1.12. The van der Waals surface area contributed by atoms with E-state index >= 15 is 0 Å². The highest BCUT2D eigenvalue weighted by atomic mass is 19.1. The quantitative estimate of drug-likeness (QED) is 0.874. The van der Waals surface area contributed by atoms with Gasteiger partial charge in [0.25, 0.3) is 5.91 Å². The van der Waals surface area contributed by atoms with Crippen LogP contribution in [0.25, 0.3) is 0 Å². The van der Waals surface area contributed by atoms with E-state index in [2.05, 4.69) is 5.32 Å². The normalized spacial score (nSPS) is 24.3. The summed E-state index contributed by atoms with van der Waals surface area (Å²) in [6.45, 7) is 3.94. The fourth-order valence-electron chi connectivity index (χ4n) is 2.97. The molecule has 1 aliphatic rings. The first kappa shape index (κ1) is 17.7. The van der Waals surface area contributed by atoms with Gasteiger partial charge in [-0.25, -0.2) is 8.78 Å². The molecule has 1 aromatic carbocycles. The Balaban J connectivity index is 2.13. The smallest absolute Gasteiger partial charge is 0.257 e. The molecule has 23 heavy (non-hydrogen) atoms. The SMILES string of the molecule is CCOc1ccc(F)c(C(=O)NCC2(C)CCCCC2O)c1F. The predicted octanol–water partition coefficient (Wildman–Crippen LogP) is 3.03. The Bertz CT molecular complexity index is 579. The second-order valence-electron chi connectivity index (χ2n) is 6.27. The minimum atomic E-state index is -1.00. The van der Waals surface area contributed by atoms with Crippen molar-refractivity contribution in [2.24, 2.45) is 5.41 Å². The standard InChI is InChI=1S/C17H23F2NO3/c1-3-23-12-8-7-11(18)14(15(12)19)16(22)20-10-17(2)9-5-4-6-13(17)21/h7-8,13,21H,3-6,9-10H2,1-2H3,(H,20,22). The Morgan fingerprint density at radius 2 is 2.17 bits per heavy atom. The molecule has 1 aliphatic carbocycles. The van der Waals surface area contributed by atoms with Crippen molar-refractivity contribution in [3.8, 4) is 5.75 Å². The number of benzene rings is 1. The van der Waals surface area contributed by atoms with Gasteiger partial charge in [-0.3, -0.25) is 4.79 Å². The van der Waals surface area contributed by atoms with E-state index in [1.54, 1.807) is 6.92 Å². The maximum absolute atomic E-state index is 14.2. The molecule has 2 rings (SSSR count). The van der Waals surface area contributed by atoms with Crippen LogP contribution in [0.1, 0.15) is 49.9 Å². The van der Waals surface area contributed by atoms with E-state index in [9.17, 15) is 18.7 Å². The summed E-state index contributed by atoms with van der Waals surface area (Å²) < 4.78 is 33.1. The minimum Gasteiger partial charge on any atom is -0.491 e. The number of ether oxygens (including phenoxy) is 1. The van der Waals surface area contributed by atoms with Crippen molar-refractivity contribution in [3.05, 3.63) is 29.3 Å². The lowest BCUT2D eigenvalue weighted by Gasteiger charge is -2.38. The second-order valence-corrected chi connectivity index (χ2v) is 6.27. The van der Waals surface area contributed by atoms with Gasteiger partial charge in [0.05, 0.1) is 12.7 Å². The van der Waals surface area contributed by atoms with Gasteiger partial charge in [0, 0.05) is 12.0 Å². The van der Waals surface area contributed by atoms with Crippen molar-refractivity contribution in [2.75, 3.05) is 13.2 Å². The monoisotopic (exact) mass is 327 g/mol. The topological polar surface area (TPSA) is 58.6 Å². The number of rotatable bonds is 5. The Morgan fingerprint density at radius 3 is 2.83 bits per heavy atom. The van der Waals surface area contributed by atoms with Crippen molar-refractivity contribution in [3.63, 3.8) is 0 Å². The first-order chi connectivity index (χ1) is 10.9. The molecule has 0 bridgehead atoms. The molecule has 0 aliphatic heterocycles. The van der Waals surface area contributed by atoms with E-state index in [-0.39, 0.29) is 18.9 Å². The summed E-state index contributed by atoms with van der Waals surface area (Å²) in [6, 6.07) is 2.18. The van der Waals surface area contributed by atoms with E-state index < -0.39 is 34.6 Å². The molecule has 128 valence electrons. The molecule has 0 aromatic heterocycles. The summed E-state index contributed by atoms with van der Waals surface area (Å²) in [7, 11) is 0. The molecule has 2 atom stereocenters. The molecule has 4 nitrogen and oxygen atoms in total. The number of nitrogens with one attached hydrogen (secondary N) is 1. The van der Waals surface area contributed by atoms with Gasteiger partial charge < -0.3 is 15.2 Å². The van der Waals surface area contributed by atoms with Crippen LogP contribution in [-0.4, -0.2) is 30.3 Å². The van der Waals surface area contributed by atoms with Crippen molar-refractivity contribution in [1.82, 2.24) is 5.32 Å². The number of carbonyl (C=O) groups excluding carboxylic acids is 1. The molecule has 1 aromatic rings. The van der Waals surface area contributed by atoms with E-state index in [0.717, 1.165) is 31.4 Å². The Kier molecular flexibility index (Phi) is 5.57. The molecule has 0 spiro atoms. The van der Waals surface area contributed by atoms with Gasteiger partial charge in [-0.05, 0) is 31.9 Å². The van der Waals surface area contributed by atoms with Crippen LogP contribution < -0.4 is 10.1 Å². The zero-order valence-corrected chi connectivity index (χ0v) is 13.5. The fraction of sp³-hybridized carbons (Fsp3) is 0.588. The van der Waals surface area contributed by atoms with Gasteiger partial charge in [-0.2, -0.15) is 0 Å². The third-order valence-electron chi connectivity index (χ3n) is 4.52. The summed E-state index contributed by atoms with van der Waals surface area (Å²) >= 11 is 0. The van der Waals surface area contributed by atoms with E-state index in [1.807, 2.05) is 6.92 Å². The highest BCUT2D eigenvalue weighted by Gasteiger charge is 2.36. The molecule has 1 amide bonds. The van der Waals surface area contributed by atoms with Crippen LogP contribution in [0.3, 0.4) is 0 Å². The predicted molar refractivity (Wildman–Crippen MR) is 82.4 cm³/mol. The molecular formula is C17H23F2NO3. The Morgan fingerprint density at radius 1 is 1.43 bits per heavy atom. The molecule has 2 unspecified atom stereocenters. The van der Waals surface area contributed by atoms with Gasteiger partial charge in [0.15, 0.2) is 11.6 Å². The van der Waals surface area contributed by atoms with Gasteiger partial charge in [0.1, 0.15) is 11.4 Å². The Hall–Kier alpha value is -1.69. The Labute approximate surface area is 134 Å². The van der Waals surface area contributed by atoms with Crippen LogP contribution >= 0.6 is 0 Å². The molecule has 0 saturated heterocycles. The minimum absolute atomic E-state index is 0.150. The van der Waals surface area contributed by atoms with Crippen LogP contribution in [0, 0.1) is 17.0 Å². The van der Waals surface area contributed by atoms with E-state index in [1.165, 1.54) is 0 Å². The summed E-state index contributed by atoms with van der Waals surface area (Å²) in [4.78, 5) is 12.2. The van der Waals surface area contributed by atoms with Crippen LogP contribution in [0.2, 0.25) is 0 Å². The number of hydrogen-bond acceptors (Lipinski definition) is 3. The summed E-state index contributed by atoms with van der Waals surface area (Å²) in [6.07, 6.45) is 2.82. The molecule has 1 saturated carbocycles. The molecular weight excluding hydrogens is 304 g/mol. The van der Waals surface area contributed by atoms with Gasteiger partial charge in [-0.1, -0.05) is 19.8 Å². The van der Waals surface area contributed by atoms with Crippen LogP contribution in [0.5, 0.6) is 5.75 Å². The first-order valence-corrected chi connectivity index (χ1v) is 7.96. The number of hydrogen-bond donors (Lipinski definition) is 2. The maximum Gasteiger partial charge on any atom is 0.257 e. The number of amides is 1. The third-order valence-corrected chi connectivity index (χ3v) is 4.52. The van der Waals surface area contributed by atoms with Crippen molar-refractivity contribution >= 4 is 5.91 Å². The maximum atomic E-state index is 14.2. The van der Waals surface area contributed by atoms with Crippen molar-refractivity contribution in [1.29, 1.82) is 0 Å². The molecule has 0 heterocycles. The second kappa shape index (κ2) is 7.25. The fourth-order valence-corrected chi connectivity index (χ4v) is 2.97. The van der Waals surface area contributed by atoms with Gasteiger partial charge >= 0.3 is 0 Å². The number of aliphatic hydroxyl groups excluding tert-OH is 1. The van der Waals surface area contributed by atoms with Crippen LogP contribution in [-0.2, 0) is 0 Å². The lowest BCUT2D eigenvalue weighted by atomic mass is 9.73.